The molecule has 2 atom stereocenters. The zero-order valence-corrected chi connectivity index (χ0v) is 8.93. The van der Waals surface area contributed by atoms with Gasteiger partial charge in [-0.2, -0.15) is 11.8 Å². The van der Waals surface area contributed by atoms with E-state index in [4.69, 9.17) is 16.6 Å². The van der Waals surface area contributed by atoms with Crippen LogP contribution in [0, 0.1) is 0 Å². The molecular weight excluding hydrogens is 188 g/mol. The Hall–Kier alpha value is -0.260. The zero-order valence-electron chi connectivity index (χ0n) is 8.12. The molecule has 0 aromatic heterocycles. The summed E-state index contributed by atoms with van der Waals surface area (Å²) < 4.78 is 0. The van der Waals surface area contributed by atoms with Crippen molar-refractivity contribution in [3.63, 3.8) is 0 Å². The van der Waals surface area contributed by atoms with Crippen molar-refractivity contribution >= 4 is 17.7 Å². The van der Waals surface area contributed by atoms with Crippen LogP contribution in [0.1, 0.15) is 20.3 Å². The second kappa shape index (κ2) is 5.47. The van der Waals surface area contributed by atoms with Gasteiger partial charge in [-0.1, -0.05) is 6.92 Å². The molecule has 0 bridgehead atoms. The molecule has 5 N–H and O–H groups in total. The molecule has 5 heteroatoms. The van der Waals surface area contributed by atoms with E-state index in [-0.39, 0.29) is 6.61 Å². The minimum absolute atomic E-state index is 0.159. The topological polar surface area (TPSA) is 89.3 Å². The number of thioether (sulfide) groups is 1. The van der Waals surface area contributed by atoms with Crippen LogP contribution >= 0.6 is 11.8 Å². The second-order valence-corrected chi connectivity index (χ2v) is 4.84. The third kappa shape index (κ3) is 5.13. The Bertz CT molecular complexity index is 174. The Balaban J connectivity index is 3.80. The van der Waals surface area contributed by atoms with E-state index in [1.54, 1.807) is 18.7 Å². The first-order valence-corrected chi connectivity index (χ1v) is 5.26. The molecule has 0 saturated heterocycles. The maximum atomic E-state index is 10.8. The zero-order chi connectivity index (χ0) is 10.5. The first-order chi connectivity index (χ1) is 5.90. The van der Waals surface area contributed by atoms with E-state index >= 15 is 0 Å². The van der Waals surface area contributed by atoms with Gasteiger partial charge < -0.3 is 16.6 Å². The molecule has 0 aliphatic carbocycles. The summed E-state index contributed by atoms with van der Waals surface area (Å²) in [6, 6.07) is 0. The van der Waals surface area contributed by atoms with Gasteiger partial charge in [-0.25, -0.2) is 0 Å². The minimum Gasteiger partial charge on any atom is -0.396 e. The van der Waals surface area contributed by atoms with Crippen LogP contribution in [-0.2, 0) is 4.79 Å². The number of nitrogens with two attached hydrogens (primary N) is 2. The van der Waals surface area contributed by atoms with Crippen molar-refractivity contribution in [2.24, 2.45) is 11.5 Å². The lowest BCUT2D eigenvalue weighted by atomic mass is 10.1. The van der Waals surface area contributed by atoms with Crippen molar-refractivity contribution in [1.82, 2.24) is 0 Å². The molecule has 1 amide bonds. The van der Waals surface area contributed by atoms with Crippen molar-refractivity contribution in [3.05, 3.63) is 0 Å². The van der Waals surface area contributed by atoms with Crippen LogP contribution in [0.2, 0.25) is 0 Å². The highest BCUT2D eigenvalue weighted by Gasteiger charge is 2.26. The number of amides is 1. The second-order valence-electron chi connectivity index (χ2n) is 3.42. The Morgan fingerprint density at radius 1 is 1.69 bits per heavy atom. The highest BCUT2D eigenvalue weighted by molar-refractivity contribution is 8.00. The molecule has 0 rings (SSSR count). The highest BCUT2D eigenvalue weighted by Crippen LogP contribution is 2.18. The fraction of sp³-hybridized carbons (Fsp3) is 0.875. The molecule has 2 unspecified atom stereocenters. The summed E-state index contributed by atoms with van der Waals surface area (Å²) in [5.41, 5.74) is 9.80. The number of carbonyl (C=O) groups excluding carboxylic acids is 1. The molecule has 0 aliphatic heterocycles. The Morgan fingerprint density at radius 3 is 2.62 bits per heavy atom. The molecule has 13 heavy (non-hydrogen) atoms. The Morgan fingerprint density at radius 2 is 2.23 bits per heavy atom. The summed E-state index contributed by atoms with van der Waals surface area (Å²) in [6.07, 6.45) is 0.708. The minimum atomic E-state index is -0.950. The molecule has 4 nitrogen and oxygen atoms in total. The lowest BCUT2D eigenvalue weighted by Gasteiger charge is -2.21. The average molecular weight is 206 g/mol. The number of rotatable bonds is 6. The Kier molecular flexibility index (Phi) is 5.36. The molecule has 0 aromatic rings. The summed E-state index contributed by atoms with van der Waals surface area (Å²) in [4.78, 5) is 10.8. The van der Waals surface area contributed by atoms with Gasteiger partial charge in [-0.15, -0.1) is 0 Å². The van der Waals surface area contributed by atoms with Crippen molar-refractivity contribution in [3.8, 4) is 0 Å². The molecule has 0 fully saturated rings. The van der Waals surface area contributed by atoms with Crippen LogP contribution < -0.4 is 11.5 Å². The first kappa shape index (κ1) is 12.7. The fourth-order valence-corrected chi connectivity index (χ4v) is 1.70. The van der Waals surface area contributed by atoms with Crippen LogP contribution in [0.15, 0.2) is 0 Å². The van der Waals surface area contributed by atoms with Gasteiger partial charge in [0.05, 0.1) is 0 Å². The smallest absolute Gasteiger partial charge is 0.238 e. The van der Waals surface area contributed by atoms with Crippen molar-refractivity contribution in [2.75, 3.05) is 12.4 Å². The number of hydrogen-bond donors (Lipinski definition) is 3. The van der Waals surface area contributed by atoms with E-state index < -0.39 is 11.4 Å². The summed E-state index contributed by atoms with van der Waals surface area (Å²) >= 11 is 1.55. The third-order valence-corrected chi connectivity index (χ3v) is 3.34. The van der Waals surface area contributed by atoms with E-state index in [0.29, 0.717) is 17.4 Å². The SMILES string of the molecule is CC(CCO)SCC(C)(N)C(N)=O. The van der Waals surface area contributed by atoms with E-state index in [1.807, 2.05) is 6.92 Å². The van der Waals surface area contributed by atoms with Gasteiger partial charge >= 0.3 is 0 Å². The Labute approximate surface area is 83.1 Å². The molecular formula is C8H18N2O2S. The van der Waals surface area contributed by atoms with E-state index in [9.17, 15) is 4.79 Å². The first-order valence-electron chi connectivity index (χ1n) is 4.21. The predicted octanol–water partition coefficient (Wildman–Crippen LogP) is -0.307. The summed E-state index contributed by atoms with van der Waals surface area (Å²) in [5, 5.41) is 8.94. The highest BCUT2D eigenvalue weighted by atomic mass is 32.2. The number of primary amides is 1. The molecule has 0 aromatic carbocycles. The molecule has 0 saturated carbocycles. The normalized spacial score (nSPS) is 17.8. The standard InChI is InChI=1S/C8H18N2O2S/c1-6(3-4-11)13-5-8(2,10)7(9)12/h6,11H,3-5,10H2,1-2H3,(H2,9,12). The van der Waals surface area contributed by atoms with Crippen molar-refractivity contribution in [1.29, 1.82) is 0 Å². The number of aliphatic hydroxyl groups excluding tert-OH is 1. The number of hydrogen-bond acceptors (Lipinski definition) is 4. The summed E-state index contributed by atoms with van der Waals surface area (Å²) in [7, 11) is 0. The maximum Gasteiger partial charge on any atom is 0.238 e. The van der Waals surface area contributed by atoms with Gasteiger partial charge in [-0.3, -0.25) is 4.79 Å². The van der Waals surface area contributed by atoms with Gasteiger partial charge in [0.2, 0.25) is 5.91 Å². The van der Waals surface area contributed by atoms with Crippen LogP contribution in [0.4, 0.5) is 0 Å². The van der Waals surface area contributed by atoms with Gasteiger partial charge in [0.15, 0.2) is 0 Å². The fourth-order valence-electron chi connectivity index (χ4n) is 0.652. The summed E-state index contributed by atoms with van der Waals surface area (Å²) in [5.74, 6) is -0.0000477. The van der Waals surface area contributed by atoms with Crippen molar-refractivity contribution in [2.45, 2.75) is 31.1 Å². The molecule has 0 aliphatic rings. The van der Waals surface area contributed by atoms with E-state index in [0.717, 1.165) is 0 Å². The number of aliphatic hydroxyl groups is 1. The lowest BCUT2D eigenvalue weighted by Crippen LogP contribution is -2.51. The molecule has 0 spiro atoms. The lowest BCUT2D eigenvalue weighted by molar-refractivity contribution is -0.121. The monoisotopic (exact) mass is 206 g/mol. The number of carbonyl (C=O) groups is 1. The molecule has 78 valence electrons. The van der Waals surface area contributed by atoms with Crippen LogP contribution in [-0.4, -0.2) is 34.2 Å². The van der Waals surface area contributed by atoms with E-state index in [1.165, 1.54) is 0 Å². The predicted molar refractivity (Wildman–Crippen MR) is 55.4 cm³/mol. The van der Waals surface area contributed by atoms with Gasteiger partial charge in [0, 0.05) is 17.6 Å². The third-order valence-electron chi connectivity index (χ3n) is 1.77. The maximum absolute atomic E-state index is 10.8. The average Bonchev–Trinajstić information content (AvgIpc) is 2.01. The van der Waals surface area contributed by atoms with Gasteiger partial charge in [0.25, 0.3) is 0 Å². The molecule has 0 heterocycles. The van der Waals surface area contributed by atoms with Crippen LogP contribution in [0.5, 0.6) is 0 Å². The van der Waals surface area contributed by atoms with Crippen LogP contribution in [0.25, 0.3) is 0 Å². The van der Waals surface area contributed by atoms with Crippen LogP contribution in [0.3, 0.4) is 0 Å². The van der Waals surface area contributed by atoms with Gasteiger partial charge in [0.1, 0.15) is 5.54 Å². The quantitative estimate of drug-likeness (QED) is 0.556. The largest absolute Gasteiger partial charge is 0.396 e. The van der Waals surface area contributed by atoms with Gasteiger partial charge in [-0.05, 0) is 13.3 Å². The van der Waals surface area contributed by atoms with E-state index in [2.05, 4.69) is 0 Å². The van der Waals surface area contributed by atoms with Crippen molar-refractivity contribution < 1.29 is 9.90 Å². The molecule has 0 radical (unpaired) electrons. The summed E-state index contributed by atoms with van der Waals surface area (Å²) in [6.45, 7) is 3.76.